The van der Waals surface area contributed by atoms with Crippen molar-refractivity contribution in [3.63, 3.8) is 0 Å². The first kappa shape index (κ1) is 19.4. The van der Waals surface area contributed by atoms with Crippen LogP contribution in [0.5, 0.6) is 0 Å². The van der Waals surface area contributed by atoms with Crippen LogP contribution >= 0.6 is 0 Å². The molecule has 1 aliphatic rings. The van der Waals surface area contributed by atoms with Crippen molar-refractivity contribution >= 4 is 33.5 Å². The molecule has 0 amide bonds. The van der Waals surface area contributed by atoms with Gasteiger partial charge in [-0.25, -0.2) is 0 Å². The molecule has 30 heavy (non-hydrogen) atoms. The summed E-state index contributed by atoms with van der Waals surface area (Å²) in [6.07, 6.45) is -4.68. The summed E-state index contributed by atoms with van der Waals surface area (Å²) in [5.74, 6) is -4.12. The van der Waals surface area contributed by atoms with Gasteiger partial charge in [0, 0.05) is 0 Å². The van der Waals surface area contributed by atoms with Crippen molar-refractivity contribution in [2.75, 3.05) is 0 Å². The number of rotatable bonds is 2. The lowest BCUT2D eigenvalue weighted by atomic mass is 9.85. The summed E-state index contributed by atoms with van der Waals surface area (Å²) in [5.41, 5.74) is -2.24. The van der Waals surface area contributed by atoms with Crippen LogP contribution in [-0.2, 0) is 15.8 Å². The number of alkyl halides is 3. The zero-order chi connectivity index (χ0) is 21.6. The molecule has 1 aliphatic carbocycles. The highest BCUT2D eigenvalue weighted by Crippen LogP contribution is 2.37. The summed E-state index contributed by atoms with van der Waals surface area (Å²) >= 11 is 0. The van der Waals surface area contributed by atoms with Gasteiger partial charge < -0.3 is 10.2 Å². The first-order valence-electron chi connectivity index (χ1n) is 8.81. The lowest BCUT2D eigenvalue weighted by Crippen LogP contribution is -2.23. The molecule has 0 aliphatic heterocycles. The zero-order valence-electron chi connectivity index (χ0n) is 15.2. The van der Waals surface area contributed by atoms with Crippen LogP contribution < -0.4 is 0 Å². The van der Waals surface area contributed by atoms with E-state index in [4.69, 9.17) is 0 Å². The molecule has 2 N–H and O–H groups in total. The fourth-order valence-electron chi connectivity index (χ4n) is 3.41. The Bertz CT molecular complexity index is 1280. The lowest BCUT2D eigenvalue weighted by molar-refractivity contribution is -0.137. The van der Waals surface area contributed by atoms with E-state index < -0.39 is 46.0 Å². The van der Waals surface area contributed by atoms with Crippen LogP contribution in [0.4, 0.5) is 13.2 Å². The number of aliphatic hydroxyl groups is 2. The van der Waals surface area contributed by atoms with E-state index in [-0.39, 0.29) is 11.1 Å². The van der Waals surface area contributed by atoms with Crippen LogP contribution in [0.1, 0.15) is 16.7 Å². The second-order valence-corrected chi connectivity index (χ2v) is 6.75. The number of halogens is 3. The highest BCUT2D eigenvalue weighted by atomic mass is 19.4. The lowest BCUT2D eigenvalue weighted by Gasteiger charge is -2.19. The van der Waals surface area contributed by atoms with Crippen LogP contribution in [0.15, 0.2) is 78.2 Å². The van der Waals surface area contributed by atoms with E-state index in [1.165, 1.54) is 6.07 Å². The number of carbonyl (C=O) groups is 2. The number of aliphatic hydroxyl groups excluding tert-OH is 2. The molecular formula is C23H13F3O4. The first-order chi connectivity index (χ1) is 14.2. The van der Waals surface area contributed by atoms with Gasteiger partial charge in [-0.3, -0.25) is 9.59 Å². The van der Waals surface area contributed by atoms with Crippen molar-refractivity contribution in [1.82, 2.24) is 0 Å². The Morgan fingerprint density at radius 3 is 1.80 bits per heavy atom. The number of carbonyl (C=O) groups excluding carboxylic acids is 2. The predicted octanol–water partition coefficient (Wildman–Crippen LogP) is 5.25. The molecule has 3 aromatic rings. The summed E-state index contributed by atoms with van der Waals surface area (Å²) in [7, 11) is 0. The molecule has 0 atom stereocenters. The smallest absolute Gasteiger partial charge is 0.416 e. The molecule has 4 rings (SSSR count). The number of ketones is 2. The Morgan fingerprint density at radius 1 is 0.633 bits per heavy atom. The number of benzene rings is 3. The van der Waals surface area contributed by atoms with Gasteiger partial charge in [0.05, 0.1) is 16.7 Å². The zero-order valence-corrected chi connectivity index (χ0v) is 15.2. The van der Waals surface area contributed by atoms with E-state index >= 15 is 0 Å². The molecule has 0 spiro atoms. The molecule has 0 unspecified atom stereocenters. The fourth-order valence-corrected chi connectivity index (χ4v) is 3.41. The SMILES string of the molecule is O=C1C(O)=C(c2ccc3ccccc3c2)C(=O)C(O)=C1c1cccc(C(F)(F)F)c1. The third-order valence-electron chi connectivity index (χ3n) is 4.87. The Kier molecular flexibility index (Phi) is 4.46. The van der Waals surface area contributed by atoms with Gasteiger partial charge in [0.2, 0.25) is 11.6 Å². The molecular weight excluding hydrogens is 397 g/mol. The third-order valence-corrected chi connectivity index (χ3v) is 4.87. The Balaban J connectivity index is 1.83. The fraction of sp³-hybridized carbons (Fsp3) is 0.0435. The van der Waals surface area contributed by atoms with Gasteiger partial charge in [-0.15, -0.1) is 0 Å². The van der Waals surface area contributed by atoms with E-state index in [2.05, 4.69) is 0 Å². The van der Waals surface area contributed by atoms with E-state index in [9.17, 15) is 33.0 Å². The molecule has 0 heterocycles. The molecule has 0 radical (unpaired) electrons. The maximum Gasteiger partial charge on any atom is 0.416 e. The van der Waals surface area contributed by atoms with Gasteiger partial charge in [-0.05, 0) is 40.1 Å². The molecule has 0 aromatic heterocycles. The van der Waals surface area contributed by atoms with Gasteiger partial charge in [-0.1, -0.05) is 48.5 Å². The number of hydrogen-bond donors (Lipinski definition) is 2. The van der Waals surface area contributed by atoms with Gasteiger partial charge in [0.25, 0.3) is 0 Å². The van der Waals surface area contributed by atoms with E-state index in [0.29, 0.717) is 6.07 Å². The molecule has 0 fully saturated rings. The molecule has 0 bridgehead atoms. The van der Waals surface area contributed by atoms with Crippen LogP contribution in [0.3, 0.4) is 0 Å². The minimum Gasteiger partial charge on any atom is -0.504 e. The number of Topliss-reactive ketones (excluding diaryl/α,β-unsaturated/α-hetero) is 2. The molecule has 7 heteroatoms. The topological polar surface area (TPSA) is 74.6 Å². The van der Waals surface area contributed by atoms with Crippen LogP contribution in [0.25, 0.3) is 21.9 Å². The standard InChI is InChI=1S/C23H13F3O4/c24-23(25,26)16-7-3-6-14(11-16)17-19(27)21(29)18(22(30)20(17)28)15-9-8-12-4-1-2-5-13(12)10-15/h1-11,27,30H. The largest absolute Gasteiger partial charge is 0.504 e. The summed E-state index contributed by atoms with van der Waals surface area (Å²) in [5, 5.41) is 22.5. The van der Waals surface area contributed by atoms with Gasteiger partial charge in [0.15, 0.2) is 11.5 Å². The van der Waals surface area contributed by atoms with Crippen molar-refractivity contribution in [1.29, 1.82) is 0 Å². The summed E-state index contributed by atoms with van der Waals surface area (Å²) in [4.78, 5) is 25.5. The number of allylic oxidation sites excluding steroid dienone is 2. The minimum absolute atomic E-state index is 0.208. The Hall–Kier alpha value is -3.87. The highest BCUT2D eigenvalue weighted by molar-refractivity contribution is 6.46. The Labute approximate surface area is 168 Å². The van der Waals surface area contributed by atoms with Crippen molar-refractivity contribution in [2.45, 2.75) is 6.18 Å². The second kappa shape index (κ2) is 6.88. The van der Waals surface area contributed by atoms with E-state index in [1.54, 1.807) is 24.3 Å². The van der Waals surface area contributed by atoms with Crippen LogP contribution in [0, 0.1) is 0 Å². The van der Waals surface area contributed by atoms with E-state index in [1.807, 2.05) is 12.1 Å². The summed E-state index contributed by atoms with van der Waals surface area (Å²) < 4.78 is 39.0. The maximum absolute atomic E-state index is 13.0. The molecule has 4 nitrogen and oxygen atoms in total. The van der Waals surface area contributed by atoms with Crippen molar-refractivity contribution in [2.24, 2.45) is 0 Å². The van der Waals surface area contributed by atoms with Gasteiger partial charge >= 0.3 is 6.18 Å². The first-order valence-corrected chi connectivity index (χ1v) is 8.81. The highest BCUT2D eigenvalue weighted by Gasteiger charge is 2.37. The monoisotopic (exact) mass is 410 g/mol. The molecule has 150 valence electrons. The van der Waals surface area contributed by atoms with E-state index in [0.717, 1.165) is 29.0 Å². The minimum atomic E-state index is -4.68. The molecule has 0 saturated heterocycles. The summed E-state index contributed by atoms with van der Waals surface area (Å²) in [6.45, 7) is 0. The average molecular weight is 410 g/mol. The van der Waals surface area contributed by atoms with Gasteiger partial charge in [0.1, 0.15) is 0 Å². The van der Waals surface area contributed by atoms with Gasteiger partial charge in [-0.2, -0.15) is 13.2 Å². The van der Waals surface area contributed by atoms with Crippen molar-refractivity contribution < 1.29 is 33.0 Å². The Morgan fingerprint density at radius 2 is 1.20 bits per heavy atom. The average Bonchev–Trinajstić information content (AvgIpc) is 2.72. The maximum atomic E-state index is 13.0. The summed E-state index contributed by atoms with van der Waals surface area (Å²) in [6, 6.07) is 15.6. The molecule has 0 saturated carbocycles. The van der Waals surface area contributed by atoms with Crippen molar-refractivity contribution in [3.8, 4) is 0 Å². The normalized spacial score (nSPS) is 15.3. The predicted molar refractivity (Wildman–Crippen MR) is 105 cm³/mol. The van der Waals surface area contributed by atoms with Crippen molar-refractivity contribution in [3.05, 3.63) is 94.9 Å². The third kappa shape index (κ3) is 3.14. The molecule has 3 aromatic carbocycles. The van der Waals surface area contributed by atoms with Crippen LogP contribution in [-0.4, -0.2) is 21.8 Å². The second-order valence-electron chi connectivity index (χ2n) is 6.75. The number of fused-ring (bicyclic) bond motifs is 1. The quantitative estimate of drug-likeness (QED) is 0.566. The number of hydrogen-bond acceptors (Lipinski definition) is 4. The van der Waals surface area contributed by atoms with Crippen LogP contribution in [0.2, 0.25) is 0 Å².